The van der Waals surface area contributed by atoms with Crippen LogP contribution in [0.3, 0.4) is 0 Å². The fourth-order valence-corrected chi connectivity index (χ4v) is 3.83. The van der Waals surface area contributed by atoms with Crippen LogP contribution in [0.25, 0.3) is 0 Å². The third-order valence-corrected chi connectivity index (χ3v) is 5.36. The minimum atomic E-state index is -0.0826. The zero-order chi connectivity index (χ0) is 15.5. The van der Waals surface area contributed by atoms with E-state index in [4.69, 9.17) is 0 Å². The topological polar surface area (TPSA) is 32.3 Å². The van der Waals surface area contributed by atoms with Crippen LogP contribution >= 0.6 is 0 Å². The third kappa shape index (κ3) is 3.29. The molecule has 0 aromatic heterocycles. The fourth-order valence-electron chi connectivity index (χ4n) is 3.83. The number of hydrogen-bond donors (Lipinski definition) is 1. The van der Waals surface area contributed by atoms with E-state index in [1.54, 1.807) is 0 Å². The van der Waals surface area contributed by atoms with Crippen molar-refractivity contribution < 1.29 is 4.79 Å². The first-order chi connectivity index (χ1) is 10.6. The van der Waals surface area contributed by atoms with E-state index in [-0.39, 0.29) is 11.9 Å². The molecule has 22 heavy (non-hydrogen) atoms. The average molecular weight is 300 g/mol. The Morgan fingerprint density at radius 3 is 2.73 bits per heavy atom. The molecule has 1 saturated carbocycles. The van der Waals surface area contributed by atoms with Gasteiger partial charge in [0.05, 0.1) is 0 Å². The summed E-state index contributed by atoms with van der Waals surface area (Å²) in [5.74, 6) is 1.01. The quantitative estimate of drug-likeness (QED) is 0.926. The van der Waals surface area contributed by atoms with E-state index in [9.17, 15) is 4.79 Å². The third-order valence-electron chi connectivity index (χ3n) is 5.36. The smallest absolute Gasteiger partial charge is 0.242 e. The van der Waals surface area contributed by atoms with Crippen LogP contribution < -0.4 is 10.2 Å². The molecular formula is C19H28N2O. The molecule has 1 fully saturated rings. The maximum absolute atomic E-state index is 12.6. The van der Waals surface area contributed by atoms with Crippen molar-refractivity contribution in [3.05, 3.63) is 29.8 Å². The van der Waals surface area contributed by atoms with E-state index >= 15 is 0 Å². The van der Waals surface area contributed by atoms with Gasteiger partial charge < -0.3 is 10.2 Å². The highest BCUT2D eigenvalue weighted by atomic mass is 16.2. The molecule has 3 heteroatoms. The molecule has 2 aliphatic rings. The Morgan fingerprint density at radius 2 is 1.95 bits per heavy atom. The van der Waals surface area contributed by atoms with Crippen LogP contribution in [0.1, 0.15) is 51.5 Å². The van der Waals surface area contributed by atoms with Crippen molar-refractivity contribution >= 4 is 11.6 Å². The monoisotopic (exact) mass is 300 g/mol. The van der Waals surface area contributed by atoms with Gasteiger partial charge in [0.15, 0.2) is 0 Å². The number of carbonyl (C=O) groups is 1. The maximum atomic E-state index is 12.6. The van der Waals surface area contributed by atoms with Gasteiger partial charge in [-0.05, 0) is 63.0 Å². The molecular weight excluding hydrogens is 272 g/mol. The Kier molecular flexibility index (Phi) is 4.70. The number of anilines is 1. The highest BCUT2D eigenvalue weighted by Crippen LogP contribution is 2.29. The molecule has 1 atom stereocenters. The fraction of sp³-hybridized carbons (Fsp3) is 0.632. The highest BCUT2D eigenvalue weighted by Gasteiger charge is 2.28. The highest BCUT2D eigenvalue weighted by molar-refractivity contribution is 5.85. The van der Waals surface area contributed by atoms with Crippen LogP contribution in [-0.4, -0.2) is 24.5 Å². The van der Waals surface area contributed by atoms with Crippen LogP contribution in [0.5, 0.6) is 0 Å². The predicted molar refractivity (Wildman–Crippen MR) is 91.1 cm³/mol. The van der Waals surface area contributed by atoms with Crippen LogP contribution in [-0.2, 0) is 11.2 Å². The largest absolute Gasteiger partial charge is 0.360 e. The van der Waals surface area contributed by atoms with Gasteiger partial charge in [-0.1, -0.05) is 25.1 Å². The van der Waals surface area contributed by atoms with Crippen LogP contribution in [0.4, 0.5) is 5.69 Å². The van der Waals surface area contributed by atoms with E-state index in [1.165, 1.54) is 24.1 Å². The van der Waals surface area contributed by atoms with E-state index in [2.05, 4.69) is 41.4 Å². The van der Waals surface area contributed by atoms with Crippen molar-refractivity contribution in [3.8, 4) is 0 Å². The second-order valence-corrected chi connectivity index (χ2v) is 7.07. The molecule has 1 heterocycles. The summed E-state index contributed by atoms with van der Waals surface area (Å²) < 4.78 is 0. The van der Waals surface area contributed by atoms with Gasteiger partial charge in [0.2, 0.25) is 5.91 Å². The van der Waals surface area contributed by atoms with Gasteiger partial charge in [-0.25, -0.2) is 0 Å². The molecule has 1 amide bonds. The molecule has 3 nitrogen and oxygen atoms in total. The summed E-state index contributed by atoms with van der Waals surface area (Å²) in [6.07, 6.45) is 7.02. The van der Waals surface area contributed by atoms with Gasteiger partial charge in [-0.3, -0.25) is 4.79 Å². The lowest BCUT2D eigenvalue weighted by Gasteiger charge is -2.36. The predicted octanol–water partition coefficient (Wildman–Crippen LogP) is 3.52. The molecule has 0 radical (unpaired) electrons. The summed E-state index contributed by atoms with van der Waals surface area (Å²) in [5, 5.41) is 3.29. The summed E-state index contributed by atoms with van der Waals surface area (Å²) in [4.78, 5) is 14.9. The summed E-state index contributed by atoms with van der Waals surface area (Å²) in [6, 6.07) is 8.81. The maximum Gasteiger partial charge on any atom is 0.242 e. The summed E-state index contributed by atoms with van der Waals surface area (Å²) in [7, 11) is 0. The van der Waals surface area contributed by atoms with E-state index < -0.39 is 0 Å². The van der Waals surface area contributed by atoms with Crippen LogP contribution in [0.15, 0.2) is 24.3 Å². The second kappa shape index (κ2) is 6.72. The lowest BCUT2D eigenvalue weighted by Crippen LogP contribution is -2.50. The number of nitrogens with one attached hydrogen (secondary N) is 1. The number of carbonyl (C=O) groups excluding carboxylic acids is 1. The molecule has 1 aromatic carbocycles. The minimum Gasteiger partial charge on any atom is -0.360 e. The molecule has 1 N–H and O–H groups in total. The van der Waals surface area contributed by atoms with Gasteiger partial charge in [0.1, 0.15) is 6.04 Å². The Bertz CT molecular complexity index is 520. The van der Waals surface area contributed by atoms with E-state index in [1.807, 2.05) is 6.92 Å². The molecule has 0 spiro atoms. The van der Waals surface area contributed by atoms with Gasteiger partial charge in [0, 0.05) is 18.3 Å². The number of fused-ring (bicyclic) bond motifs is 1. The van der Waals surface area contributed by atoms with Crippen molar-refractivity contribution in [2.75, 3.05) is 11.4 Å². The first kappa shape index (κ1) is 15.4. The Labute approximate surface area is 134 Å². The molecule has 1 aromatic rings. The van der Waals surface area contributed by atoms with Gasteiger partial charge in [0.25, 0.3) is 0 Å². The number of para-hydroxylation sites is 1. The molecule has 0 saturated heterocycles. The Hall–Kier alpha value is -1.51. The molecule has 1 aliphatic heterocycles. The summed E-state index contributed by atoms with van der Waals surface area (Å²) >= 11 is 0. The minimum absolute atomic E-state index is 0.0826. The molecule has 1 aliphatic carbocycles. The number of nitrogens with zero attached hydrogens (tertiary/aromatic N) is 1. The second-order valence-electron chi connectivity index (χ2n) is 7.07. The standard InChI is InChI=1S/C19H28N2O/c1-14-9-11-17(12-10-14)20-19(22)15(2)21-13-5-7-16-6-3-4-8-18(16)21/h3-4,6,8,14-15,17H,5,7,9-13H2,1-2H3,(H,20,22). The van der Waals surface area contributed by atoms with Crippen molar-refractivity contribution in [1.29, 1.82) is 0 Å². The van der Waals surface area contributed by atoms with Crippen molar-refractivity contribution in [2.45, 2.75) is 64.5 Å². The molecule has 3 rings (SSSR count). The van der Waals surface area contributed by atoms with Gasteiger partial charge in [-0.15, -0.1) is 0 Å². The first-order valence-corrected chi connectivity index (χ1v) is 8.80. The van der Waals surface area contributed by atoms with Crippen molar-refractivity contribution in [1.82, 2.24) is 5.32 Å². The van der Waals surface area contributed by atoms with Crippen LogP contribution in [0.2, 0.25) is 0 Å². The van der Waals surface area contributed by atoms with E-state index in [0.717, 1.165) is 38.1 Å². The first-order valence-electron chi connectivity index (χ1n) is 8.80. The van der Waals surface area contributed by atoms with E-state index in [0.29, 0.717) is 6.04 Å². The zero-order valence-electron chi connectivity index (χ0n) is 13.8. The lowest BCUT2D eigenvalue weighted by atomic mass is 9.87. The summed E-state index contributed by atoms with van der Waals surface area (Å²) in [5.41, 5.74) is 2.62. The average Bonchev–Trinajstić information content (AvgIpc) is 2.55. The number of hydrogen-bond acceptors (Lipinski definition) is 2. The van der Waals surface area contributed by atoms with Crippen molar-refractivity contribution in [2.24, 2.45) is 5.92 Å². The Morgan fingerprint density at radius 1 is 1.23 bits per heavy atom. The zero-order valence-corrected chi connectivity index (χ0v) is 13.8. The number of rotatable bonds is 3. The number of amides is 1. The molecule has 120 valence electrons. The normalized spacial score (nSPS) is 26.2. The SMILES string of the molecule is CC1CCC(NC(=O)C(C)N2CCCc3ccccc32)CC1. The van der Waals surface area contributed by atoms with Crippen LogP contribution in [0, 0.1) is 5.92 Å². The molecule has 0 bridgehead atoms. The lowest BCUT2D eigenvalue weighted by molar-refractivity contribution is -0.123. The molecule has 1 unspecified atom stereocenters. The summed E-state index contributed by atoms with van der Waals surface area (Å²) in [6.45, 7) is 5.33. The van der Waals surface area contributed by atoms with Crippen molar-refractivity contribution in [3.63, 3.8) is 0 Å². The number of benzene rings is 1. The Balaban J connectivity index is 1.64. The number of aryl methyl sites for hydroxylation is 1. The van der Waals surface area contributed by atoms with Gasteiger partial charge >= 0.3 is 0 Å². The van der Waals surface area contributed by atoms with Gasteiger partial charge in [-0.2, -0.15) is 0 Å².